The Morgan fingerprint density at radius 3 is 0.914 bits per heavy atom. The zero-order chi connectivity index (χ0) is 50.7. The summed E-state index contributed by atoms with van der Waals surface area (Å²) >= 11 is 0. The van der Waals surface area contributed by atoms with Gasteiger partial charge in [-0.3, -0.25) is 14.4 Å². The molecule has 0 aliphatic rings. The fraction of sp³-hybridized carbons (Fsp3) is 0.734. The van der Waals surface area contributed by atoms with Gasteiger partial charge in [0.1, 0.15) is 13.2 Å². The molecular weight excluding hydrogens is 865 g/mol. The lowest BCUT2D eigenvalue weighted by Gasteiger charge is -2.18. The molecule has 0 heterocycles. The van der Waals surface area contributed by atoms with E-state index < -0.39 is 6.10 Å². The quantitative estimate of drug-likeness (QED) is 0.0261. The molecule has 0 saturated carbocycles. The van der Waals surface area contributed by atoms with E-state index in [0.717, 1.165) is 109 Å². The minimum atomic E-state index is -0.791. The first-order valence-electron chi connectivity index (χ1n) is 29.6. The second kappa shape index (κ2) is 58.2. The maximum absolute atomic E-state index is 12.9. The van der Waals surface area contributed by atoms with Crippen molar-refractivity contribution >= 4 is 17.9 Å². The number of allylic oxidation sites excluding steroid dienone is 14. The van der Waals surface area contributed by atoms with Gasteiger partial charge in [0.25, 0.3) is 0 Å². The molecule has 0 N–H and O–H groups in total. The third-order valence-electron chi connectivity index (χ3n) is 12.6. The number of esters is 3. The van der Waals surface area contributed by atoms with Crippen molar-refractivity contribution in [3.05, 3.63) is 85.1 Å². The summed E-state index contributed by atoms with van der Waals surface area (Å²) in [4.78, 5) is 38.2. The van der Waals surface area contributed by atoms with E-state index >= 15 is 0 Å². The molecule has 0 fully saturated rings. The number of hydrogen-bond acceptors (Lipinski definition) is 6. The average Bonchev–Trinajstić information content (AvgIpc) is 3.36. The van der Waals surface area contributed by atoms with E-state index in [4.69, 9.17) is 14.2 Å². The van der Waals surface area contributed by atoms with Gasteiger partial charge < -0.3 is 14.2 Å². The Labute approximate surface area is 433 Å². The van der Waals surface area contributed by atoms with Crippen molar-refractivity contribution in [1.82, 2.24) is 0 Å². The second-order valence-electron chi connectivity index (χ2n) is 19.5. The summed E-state index contributed by atoms with van der Waals surface area (Å²) in [5.41, 5.74) is 0. The highest BCUT2D eigenvalue weighted by Crippen LogP contribution is 2.15. The molecule has 1 unspecified atom stereocenters. The fourth-order valence-corrected chi connectivity index (χ4v) is 8.16. The van der Waals surface area contributed by atoms with Crippen LogP contribution >= 0.6 is 0 Å². The minimum absolute atomic E-state index is 0.0884. The molecule has 0 aromatic heterocycles. The summed E-state index contributed by atoms with van der Waals surface area (Å²) in [6, 6.07) is 0. The molecule has 6 heteroatoms. The van der Waals surface area contributed by atoms with Crippen molar-refractivity contribution in [2.45, 2.75) is 290 Å². The molecule has 0 aromatic rings. The smallest absolute Gasteiger partial charge is 0.306 e. The zero-order valence-electron chi connectivity index (χ0n) is 46.0. The molecule has 0 aliphatic carbocycles. The Morgan fingerprint density at radius 1 is 0.300 bits per heavy atom. The summed E-state index contributed by atoms with van der Waals surface area (Å²) in [5.74, 6) is -0.911. The third-order valence-corrected chi connectivity index (χ3v) is 12.6. The van der Waals surface area contributed by atoms with Gasteiger partial charge in [-0.25, -0.2) is 0 Å². The van der Waals surface area contributed by atoms with Crippen molar-refractivity contribution in [2.24, 2.45) is 0 Å². The van der Waals surface area contributed by atoms with Gasteiger partial charge in [-0.1, -0.05) is 234 Å². The highest BCUT2D eigenvalue weighted by Gasteiger charge is 2.19. The van der Waals surface area contributed by atoms with Crippen LogP contribution in [0.4, 0.5) is 0 Å². The van der Waals surface area contributed by atoms with Gasteiger partial charge in [0.2, 0.25) is 0 Å². The average molecular weight is 976 g/mol. The van der Waals surface area contributed by atoms with Gasteiger partial charge in [-0.15, -0.1) is 0 Å². The summed E-state index contributed by atoms with van der Waals surface area (Å²) in [6.45, 7) is 6.49. The van der Waals surface area contributed by atoms with Gasteiger partial charge in [0.05, 0.1) is 0 Å². The monoisotopic (exact) mass is 975 g/mol. The van der Waals surface area contributed by atoms with Crippen LogP contribution in [0.1, 0.15) is 284 Å². The predicted molar refractivity (Wildman–Crippen MR) is 302 cm³/mol. The van der Waals surface area contributed by atoms with E-state index in [1.165, 1.54) is 135 Å². The minimum Gasteiger partial charge on any atom is -0.462 e. The maximum Gasteiger partial charge on any atom is 0.306 e. The topological polar surface area (TPSA) is 78.9 Å². The van der Waals surface area contributed by atoms with Crippen LogP contribution in [0.2, 0.25) is 0 Å². The first-order valence-corrected chi connectivity index (χ1v) is 29.6. The van der Waals surface area contributed by atoms with Crippen molar-refractivity contribution in [2.75, 3.05) is 13.2 Å². The maximum atomic E-state index is 12.9. The van der Waals surface area contributed by atoms with E-state index in [-0.39, 0.29) is 31.1 Å². The largest absolute Gasteiger partial charge is 0.462 e. The van der Waals surface area contributed by atoms with Gasteiger partial charge in [-0.05, 0) is 116 Å². The van der Waals surface area contributed by atoms with Crippen LogP contribution in [0.25, 0.3) is 0 Å². The van der Waals surface area contributed by atoms with E-state index in [1.54, 1.807) is 0 Å². The molecule has 0 spiro atoms. The molecule has 1 atom stereocenters. The lowest BCUT2D eigenvalue weighted by molar-refractivity contribution is -0.167. The van der Waals surface area contributed by atoms with Crippen LogP contribution in [-0.4, -0.2) is 37.2 Å². The summed E-state index contributed by atoms with van der Waals surface area (Å²) < 4.78 is 16.9. The zero-order valence-corrected chi connectivity index (χ0v) is 46.0. The molecular formula is C64H110O6. The lowest BCUT2D eigenvalue weighted by Crippen LogP contribution is -2.30. The highest BCUT2D eigenvalue weighted by molar-refractivity contribution is 5.71. The second-order valence-corrected chi connectivity index (χ2v) is 19.5. The van der Waals surface area contributed by atoms with E-state index in [0.29, 0.717) is 19.3 Å². The first kappa shape index (κ1) is 66.6. The standard InChI is InChI=1S/C64H110O6/c1-4-7-10-13-16-19-22-25-28-31-32-34-36-39-42-45-48-51-54-57-63(66)69-60-61(59-68-62(65)56-53-50-47-44-41-38-35-30-27-24-21-18-15-12-9-6-3)70-64(67)58-55-52-49-46-43-40-37-33-29-26-23-20-17-14-11-8-5-2/h7,10,16-17,19-20,25-26,28-30,32,34-35,61H,4-6,8-9,11-15,18,21-24,27,31,33,36-60H2,1-3H3/b10-7-,19-16-,20-17-,28-25-,29-26-,34-32-,35-30-. The Bertz CT molecular complexity index is 1350. The SMILES string of the molecule is CC/C=C\C/C=C\C/C=C\C/C=C\CCCCCCCCC(=O)OCC(COC(=O)CCCCCCC/C=C\CCCCCCCCC)OC(=O)CCCCCCCCC/C=C\C/C=C\CCCCC. The van der Waals surface area contributed by atoms with Crippen LogP contribution in [0.5, 0.6) is 0 Å². The molecule has 0 rings (SSSR count). The fourth-order valence-electron chi connectivity index (χ4n) is 8.16. The van der Waals surface area contributed by atoms with E-state index in [9.17, 15) is 14.4 Å². The normalized spacial score (nSPS) is 12.7. The van der Waals surface area contributed by atoms with Crippen molar-refractivity contribution in [3.8, 4) is 0 Å². The van der Waals surface area contributed by atoms with Crippen molar-refractivity contribution in [1.29, 1.82) is 0 Å². The van der Waals surface area contributed by atoms with Crippen molar-refractivity contribution in [3.63, 3.8) is 0 Å². The van der Waals surface area contributed by atoms with Crippen LogP contribution in [0, 0.1) is 0 Å². The van der Waals surface area contributed by atoms with Gasteiger partial charge >= 0.3 is 17.9 Å². The van der Waals surface area contributed by atoms with Crippen LogP contribution < -0.4 is 0 Å². The molecule has 0 saturated heterocycles. The first-order chi connectivity index (χ1) is 34.5. The van der Waals surface area contributed by atoms with E-state index in [2.05, 4.69) is 106 Å². The number of ether oxygens (including phenoxy) is 3. The van der Waals surface area contributed by atoms with Crippen LogP contribution in [0.3, 0.4) is 0 Å². The Balaban J connectivity index is 4.43. The molecule has 402 valence electrons. The third kappa shape index (κ3) is 55.5. The molecule has 0 amide bonds. The molecule has 0 aromatic carbocycles. The number of carbonyl (C=O) groups is 3. The molecule has 0 radical (unpaired) electrons. The highest BCUT2D eigenvalue weighted by atomic mass is 16.6. The Hall–Kier alpha value is -3.41. The van der Waals surface area contributed by atoms with Gasteiger partial charge in [-0.2, -0.15) is 0 Å². The summed E-state index contributed by atoms with van der Waals surface area (Å²) in [6.07, 6.45) is 75.7. The molecule has 6 nitrogen and oxygen atoms in total. The lowest BCUT2D eigenvalue weighted by atomic mass is 10.1. The Kier molecular flexibility index (Phi) is 55.3. The van der Waals surface area contributed by atoms with Crippen LogP contribution in [-0.2, 0) is 28.6 Å². The number of rotatable bonds is 53. The van der Waals surface area contributed by atoms with Crippen LogP contribution in [0.15, 0.2) is 85.1 Å². The Morgan fingerprint density at radius 2 is 0.557 bits per heavy atom. The summed E-state index contributed by atoms with van der Waals surface area (Å²) in [5, 5.41) is 0. The van der Waals surface area contributed by atoms with Gasteiger partial charge in [0, 0.05) is 19.3 Å². The summed E-state index contributed by atoms with van der Waals surface area (Å²) in [7, 11) is 0. The molecule has 0 aliphatic heterocycles. The number of hydrogen-bond donors (Lipinski definition) is 0. The van der Waals surface area contributed by atoms with E-state index in [1.807, 2.05) is 0 Å². The number of unbranched alkanes of at least 4 members (excludes halogenated alkanes) is 28. The molecule has 0 bridgehead atoms. The number of carbonyl (C=O) groups excluding carboxylic acids is 3. The molecule has 70 heavy (non-hydrogen) atoms. The van der Waals surface area contributed by atoms with Gasteiger partial charge in [0.15, 0.2) is 6.10 Å². The predicted octanol–water partition coefficient (Wildman–Crippen LogP) is 19.9. The van der Waals surface area contributed by atoms with Crippen molar-refractivity contribution < 1.29 is 28.6 Å².